The highest BCUT2D eigenvalue weighted by molar-refractivity contribution is 9.10. The first-order valence-electron chi connectivity index (χ1n) is 5.97. The lowest BCUT2D eigenvalue weighted by molar-refractivity contribution is 0.103. The molecule has 1 nitrogen and oxygen atoms in total. The summed E-state index contributed by atoms with van der Waals surface area (Å²) in [5.41, 5.74) is 4.52. The van der Waals surface area contributed by atoms with Crippen LogP contribution in [-0.4, -0.2) is 5.78 Å². The zero-order valence-electron chi connectivity index (χ0n) is 11.1. The average molecular weight is 338 g/mol. The van der Waals surface area contributed by atoms with Gasteiger partial charge >= 0.3 is 0 Å². The average Bonchev–Trinajstić information content (AvgIpc) is 2.36. The number of ketones is 1. The van der Waals surface area contributed by atoms with Crippen LogP contribution in [0.1, 0.15) is 32.6 Å². The number of hydrogen-bond acceptors (Lipinski definition) is 1. The molecular formula is C16H14BrClO. The molecule has 0 amide bonds. The molecule has 0 aliphatic heterocycles. The van der Waals surface area contributed by atoms with Crippen molar-refractivity contribution in [3.8, 4) is 0 Å². The van der Waals surface area contributed by atoms with Crippen molar-refractivity contribution in [1.29, 1.82) is 0 Å². The van der Waals surface area contributed by atoms with Crippen LogP contribution in [0.3, 0.4) is 0 Å². The van der Waals surface area contributed by atoms with Gasteiger partial charge in [-0.05, 0) is 61.7 Å². The van der Waals surface area contributed by atoms with Crippen molar-refractivity contribution in [1.82, 2.24) is 0 Å². The molecule has 3 heteroatoms. The van der Waals surface area contributed by atoms with Crippen molar-refractivity contribution < 1.29 is 4.79 Å². The molecule has 98 valence electrons. The summed E-state index contributed by atoms with van der Waals surface area (Å²) in [7, 11) is 0. The summed E-state index contributed by atoms with van der Waals surface area (Å²) in [5.74, 6) is -0.0353. The van der Waals surface area contributed by atoms with Gasteiger partial charge in [-0.1, -0.05) is 33.6 Å². The minimum Gasteiger partial charge on any atom is -0.289 e. The normalized spacial score (nSPS) is 10.6. The fourth-order valence-corrected chi connectivity index (χ4v) is 2.59. The van der Waals surface area contributed by atoms with Crippen LogP contribution in [0.2, 0.25) is 5.02 Å². The first kappa shape index (κ1) is 14.3. The van der Waals surface area contributed by atoms with E-state index in [1.807, 2.05) is 39.0 Å². The van der Waals surface area contributed by atoms with Crippen molar-refractivity contribution in [2.24, 2.45) is 0 Å². The Morgan fingerprint density at radius 3 is 2.26 bits per heavy atom. The highest BCUT2D eigenvalue weighted by Crippen LogP contribution is 2.26. The maximum atomic E-state index is 12.6. The van der Waals surface area contributed by atoms with Gasteiger partial charge in [0, 0.05) is 15.6 Å². The second kappa shape index (κ2) is 5.48. The lowest BCUT2D eigenvalue weighted by Crippen LogP contribution is -2.06. The Kier molecular flexibility index (Phi) is 4.12. The maximum Gasteiger partial charge on any atom is 0.194 e. The third-order valence-electron chi connectivity index (χ3n) is 3.26. The highest BCUT2D eigenvalue weighted by Gasteiger charge is 2.16. The molecule has 2 aromatic rings. The molecule has 0 saturated carbocycles. The number of carbonyl (C=O) groups is 1. The van der Waals surface area contributed by atoms with Crippen LogP contribution in [0.15, 0.2) is 34.8 Å². The summed E-state index contributed by atoms with van der Waals surface area (Å²) in [4.78, 5) is 12.6. The molecule has 0 spiro atoms. The van der Waals surface area contributed by atoms with E-state index in [4.69, 9.17) is 11.6 Å². The van der Waals surface area contributed by atoms with Crippen LogP contribution in [0.25, 0.3) is 0 Å². The zero-order valence-corrected chi connectivity index (χ0v) is 13.4. The fourth-order valence-electron chi connectivity index (χ4n) is 2.02. The standard InChI is InChI=1S/C16H14BrClO/c1-9-6-11(3)13(7-10(9)2)16(19)14-8-12(17)4-5-15(14)18/h4-8H,1-3H3. The first-order chi connectivity index (χ1) is 8.90. The maximum absolute atomic E-state index is 12.6. The molecule has 2 aromatic carbocycles. The minimum absolute atomic E-state index is 0.0353. The molecule has 0 aliphatic rings. The quantitative estimate of drug-likeness (QED) is 0.683. The summed E-state index contributed by atoms with van der Waals surface area (Å²) in [6, 6.07) is 9.29. The van der Waals surface area contributed by atoms with E-state index in [9.17, 15) is 4.79 Å². The molecule has 0 radical (unpaired) electrons. The number of benzene rings is 2. The lowest BCUT2D eigenvalue weighted by atomic mass is 9.95. The predicted molar refractivity (Wildman–Crippen MR) is 83.2 cm³/mol. The van der Waals surface area contributed by atoms with Gasteiger partial charge in [0.1, 0.15) is 0 Å². The monoisotopic (exact) mass is 336 g/mol. The number of hydrogen-bond donors (Lipinski definition) is 0. The van der Waals surface area contributed by atoms with Gasteiger partial charge in [0.25, 0.3) is 0 Å². The third kappa shape index (κ3) is 2.90. The first-order valence-corrected chi connectivity index (χ1v) is 7.15. The van der Waals surface area contributed by atoms with Gasteiger partial charge in [0.15, 0.2) is 5.78 Å². The minimum atomic E-state index is -0.0353. The molecule has 0 atom stereocenters. The number of aryl methyl sites for hydroxylation is 3. The molecule has 0 N–H and O–H groups in total. The Bertz CT molecular complexity index is 662. The van der Waals surface area contributed by atoms with Crippen molar-refractivity contribution in [2.45, 2.75) is 20.8 Å². The summed E-state index contributed by atoms with van der Waals surface area (Å²) in [6.07, 6.45) is 0. The molecule has 19 heavy (non-hydrogen) atoms. The Balaban J connectivity index is 2.56. The van der Waals surface area contributed by atoms with Crippen LogP contribution in [0, 0.1) is 20.8 Å². The fraction of sp³-hybridized carbons (Fsp3) is 0.188. The van der Waals surface area contributed by atoms with Gasteiger partial charge in [0.2, 0.25) is 0 Å². The summed E-state index contributed by atoms with van der Waals surface area (Å²) in [6.45, 7) is 6.00. The van der Waals surface area contributed by atoms with Crippen molar-refractivity contribution in [3.63, 3.8) is 0 Å². The summed E-state index contributed by atoms with van der Waals surface area (Å²) < 4.78 is 0.849. The Hall–Kier alpha value is -1.12. The van der Waals surface area contributed by atoms with E-state index in [0.29, 0.717) is 16.1 Å². The van der Waals surface area contributed by atoms with Gasteiger partial charge in [-0.2, -0.15) is 0 Å². The van der Waals surface area contributed by atoms with E-state index >= 15 is 0 Å². The van der Waals surface area contributed by atoms with E-state index in [0.717, 1.165) is 15.6 Å². The number of halogens is 2. The second-order valence-corrected chi connectivity index (χ2v) is 6.03. The Morgan fingerprint density at radius 2 is 1.58 bits per heavy atom. The van der Waals surface area contributed by atoms with E-state index in [1.165, 1.54) is 5.56 Å². The van der Waals surface area contributed by atoms with Crippen LogP contribution >= 0.6 is 27.5 Å². The van der Waals surface area contributed by atoms with Gasteiger partial charge in [-0.15, -0.1) is 0 Å². The Labute approximate surface area is 126 Å². The number of carbonyl (C=O) groups excluding carboxylic acids is 1. The van der Waals surface area contributed by atoms with Gasteiger partial charge in [0.05, 0.1) is 5.02 Å². The van der Waals surface area contributed by atoms with E-state index in [-0.39, 0.29) is 5.78 Å². The summed E-state index contributed by atoms with van der Waals surface area (Å²) in [5, 5.41) is 0.478. The topological polar surface area (TPSA) is 17.1 Å². The van der Waals surface area contributed by atoms with Crippen LogP contribution < -0.4 is 0 Å². The molecule has 0 fully saturated rings. The molecule has 0 aromatic heterocycles. The van der Waals surface area contributed by atoms with Crippen LogP contribution in [-0.2, 0) is 0 Å². The van der Waals surface area contributed by atoms with Crippen LogP contribution in [0.5, 0.6) is 0 Å². The van der Waals surface area contributed by atoms with Gasteiger partial charge in [-0.25, -0.2) is 0 Å². The van der Waals surface area contributed by atoms with E-state index in [1.54, 1.807) is 12.1 Å². The van der Waals surface area contributed by atoms with E-state index in [2.05, 4.69) is 15.9 Å². The molecule has 2 rings (SSSR count). The molecule has 0 saturated heterocycles. The van der Waals surface area contributed by atoms with Crippen molar-refractivity contribution in [3.05, 3.63) is 67.6 Å². The van der Waals surface area contributed by atoms with Gasteiger partial charge < -0.3 is 0 Å². The largest absolute Gasteiger partial charge is 0.289 e. The van der Waals surface area contributed by atoms with E-state index < -0.39 is 0 Å². The third-order valence-corrected chi connectivity index (χ3v) is 4.08. The SMILES string of the molecule is Cc1cc(C)c(C(=O)c2cc(Br)ccc2Cl)cc1C. The molecule has 0 bridgehead atoms. The molecule has 0 aliphatic carbocycles. The molecular weight excluding hydrogens is 324 g/mol. The predicted octanol–water partition coefficient (Wildman–Crippen LogP) is 5.26. The molecule has 0 unspecified atom stereocenters. The second-order valence-electron chi connectivity index (χ2n) is 4.70. The van der Waals surface area contributed by atoms with Crippen molar-refractivity contribution in [2.75, 3.05) is 0 Å². The zero-order chi connectivity index (χ0) is 14.2. The van der Waals surface area contributed by atoms with Gasteiger partial charge in [-0.3, -0.25) is 4.79 Å². The lowest BCUT2D eigenvalue weighted by Gasteiger charge is -2.10. The Morgan fingerprint density at radius 1 is 0.947 bits per heavy atom. The number of rotatable bonds is 2. The molecule has 0 heterocycles. The summed E-state index contributed by atoms with van der Waals surface area (Å²) >= 11 is 9.49. The smallest absolute Gasteiger partial charge is 0.194 e. The van der Waals surface area contributed by atoms with Crippen molar-refractivity contribution >= 4 is 33.3 Å². The van der Waals surface area contributed by atoms with Crippen LogP contribution in [0.4, 0.5) is 0 Å². The highest BCUT2D eigenvalue weighted by atomic mass is 79.9.